The molecule has 280 valence electrons. The van der Waals surface area contributed by atoms with Gasteiger partial charge in [-0.15, -0.1) is 22.7 Å². The molecule has 2 aromatic heterocycles. The number of carbonyl (C=O) groups excluding carboxylic acids is 3. The van der Waals surface area contributed by atoms with E-state index >= 15 is 0 Å². The van der Waals surface area contributed by atoms with Crippen LogP contribution >= 0.6 is 22.7 Å². The molecule has 0 saturated heterocycles. The molecule has 0 spiro atoms. The lowest BCUT2D eigenvalue weighted by molar-refractivity contribution is -0.124. The van der Waals surface area contributed by atoms with Gasteiger partial charge in [-0.05, 0) is 42.2 Å². The van der Waals surface area contributed by atoms with E-state index in [2.05, 4.69) is 34.8 Å². The number of rotatable bonds is 19. The van der Waals surface area contributed by atoms with Crippen LogP contribution in [-0.2, 0) is 41.9 Å². The predicted molar refractivity (Wildman–Crippen MR) is 206 cm³/mol. The van der Waals surface area contributed by atoms with Crippen molar-refractivity contribution in [1.29, 1.82) is 0 Å². The highest BCUT2D eigenvalue weighted by Gasteiger charge is 2.31. The number of carbonyl (C=O) groups is 3. The maximum Gasteiger partial charge on any atom is 0.407 e. The second kappa shape index (κ2) is 20.6. The number of nitrogens with one attached hydrogen (secondary N) is 3. The molecule has 13 heteroatoms. The zero-order valence-corrected chi connectivity index (χ0v) is 32.3. The van der Waals surface area contributed by atoms with Crippen molar-refractivity contribution in [3.63, 3.8) is 0 Å². The highest BCUT2D eigenvalue weighted by Crippen LogP contribution is 2.18. The number of ether oxygens (including phenoxy) is 1. The van der Waals surface area contributed by atoms with E-state index in [0.29, 0.717) is 25.3 Å². The van der Waals surface area contributed by atoms with Gasteiger partial charge >= 0.3 is 12.1 Å². The Kier molecular flexibility index (Phi) is 16.1. The van der Waals surface area contributed by atoms with E-state index in [1.54, 1.807) is 30.1 Å². The Bertz CT molecular complexity index is 1650. The largest absolute Gasteiger partial charge is 0.444 e. The number of aromatic nitrogens is 2. The molecule has 0 radical (unpaired) electrons. The number of urea groups is 1. The van der Waals surface area contributed by atoms with Crippen LogP contribution in [0.15, 0.2) is 77.8 Å². The summed E-state index contributed by atoms with van der Waals surface area (Å²) in [5, 5.41) is 23.6. The molecule has 2 aromatic carbocycles. The molecular formula is C39H52N6O5S2. The lowest BCUT2D eigenvalue weighted by atomic mass is 9.93. The first-order valence-corrected chi connectivity index (χ1v) is 19.6. The molecule has 11 nitrogen and oxygen atoms in total. The number of thiazole rings is 2. The number of amides is 4. The number of hydrogen-bond donors (Lipinski definition) is 4. The molecule has 4 N–H and O–H groups in total. The summed E-state index contributed by atoms with van der Waals surface area (Å²) in [5.74, 6) is -0.0352. The first-order valence-electron chi connectivity index (χ1n) is 17.8. The number of aliphatic hydroxyl groups is 1. The van der Waals surface area contributed by atoms with E-state index in [1.807, 2.05) is 79.9 Å². The molecule has 0 fully saturated rings. The molecule has 0 aliphatic carbocycles. The second-order valence-corrected chi connectivity index (χ2v) is 15.6. The van der Waals surface area contributed by atoms with Crippen LogP contribution in [-0.4, -0.2) is 69.3 Å². The third-order valence-corrected chi connectivity index (χ3v) is 10.6. The number of alkyl carbamates (subject to hydrolysis) is 1. The third kappa shape index (κ3) is 13.3. The van der Waals surface area contributed by atoms with Crippen LogP contribution in [0.2, 0.25) is 0 Å². The summed E-state index contributed by atoms with van der Waals surface area (Å²) in [5.41, 5.74) is 4.38. The molecule has 1 unspecified atom stereocenters. The van der Waals surface area contributed by atoms with Gasteiger partial charge in [-0.3, -0.25) is 9.78 Å². The average molecular weight is 749 g/mol. The van der Waals surface area contributed by atoms with Gasteiger partial charge in [-0.25, -0.2) is 14.6 Å². The standard InChI is InChI=1S/C39H52N6O5S2/c1-6-27(4)17-35-41-31(24-51-35)22-45(5)38(48)44-36(26(2)3)37(47)42-30(18-28-13-9-7-10-14-28)20-34(46)33(19-29-15-11-8-12-16-29)43-39(49)50-23-32-21-40-25-52-32/h7-16,21,24-27,30,33-34,36,46H,6,17-20,22-23H2,1-5H3,(H,42,47)(H,43,49)(H,44,48)/t27?,30-,33-,34-,36-/m0/s1. The predicted octanol–water partition coefficient (Wildman–Crippen LogP) is 6.37. The monoisotopic (exact) mass is 748 g/mol. The van der Waals surface area contributed by atoms with Crippen LogP contribution < -0.4 is 16.0 Å². The van der Waals surface area contributed by atoms with Gasteiger partial charge in [0.25, 0.3) is 0 Å². The quantitative estimate of drug-likeness (QED) is 0.0872. The van der Waals surface area contributed by atoms with Crippen LogP contribution in [0.4, 0.5) is 9.59 Å². The van der Waals surface area contributed by atoms with Crippen LogP contribution in [0.5, 0.6) is 0 Å². The van der Waals surface area contributed by atoms with Gasteiger partial charge in [0, 0.05) is 31.1 Å². The van der Waals surface area contributed by atoms with Gasteiger partial charge < -0.3 is 30.7 Å². The van der Waals surface area contributed by atoms with Crippen molar-refractivity contribution in [3.8, 4) is 0 Å². The average Bonchev–Trinajstić information content (AvgIpc) is 3.82. The van der Waals surface area contributed by atoms with E-state index in [1.165, 1.54) is 16.2 Å². The van der Waals surface area contributed by atoms with Crippen molar-refractivity contribution in [2.45, 2.75) is 97.2 Å². The molecule has 0 aliphatic rings. The number of benzene rings is 2. The van der Waals surface area contributed by atoms with Crippen LogP contribution in [0, 0.1) is 11.8 Å². The van der Waals surface area contributed by atoms with Crippen molar-refractivity contribution >= 4 is 40.7 Å². The normalized spacial score (nSPS) is 14.1. The molecule has 2 heterocycles. The minimum atomic E-state index is -1.05. The van der Waals surface area contributed by atoms with Gasteiger partial charge in [0.1, 0.15) is 12.6 Å². The molecule has 52 heavy (non-hydrogen) atoms. The maximum atomic E-state index is 13.9. The van der Waals surface area contributed by atoms with Crippen LogP contribution in [0.1, 0.15) is 67.2 Å². The minimum absolute atomic E-state index is 0.0674. The smallest absolute Gasteiger partial charge is 0.407 e. The first-order chi connectivity index (χ1) is 25.0. The topological polar surface area (TPSA) is 146 Å². The Labute approximate surface area is 315 Å². The van der Waals surface area contributed by atoms with Crippen molar-refractivity contribution in [3.05, 3.63) is 104 Å². The molecule has 5 atom stereocenters. The molecule has 4 aromatic rings. The third-order valence-electron chi connectivity index (χ3n) is 8.89. The van der Waals surface area contributed by atoms with Crippen molar-refractivity contribution < 1.29 is 24.2 Å². The summed E-state index contributed by atoms with van der Waals surface area (Å²) < 4.78 is 5.43. The maximum absolute atomic E-state index is 13.9. The highest BCUT2D eigenvalue weighted by atomic mass is 32.1. The fraction of sp³-hybridized carbons (Fsp3) is 0.462. The fourth-order valence-electron chi connectivity index (χ4n) is 5.68. The number of hydrogen-bond acceptors (Lipinski definition) is 9. The van der Waals surface area contributed by atoms with Gasteiger partial charge in [-0.1, -0.05) is 94.8 Å². The van der Waals surface area contributed by atoms with Gasteiger partial charge in [0.2, 0.25) is 5.91 Å². The van der Waals surface area contributed by atoms with Gasteiger partial charge in [0.15, 0.2) is 0 Å². The minimum Gasteiger partial charge on any atom is -0.444 e. The summed E-state index contributed by atoms with van der Waals surface area (Å²) in [6.45, 7) is 8.51. The summed E-state index contributed by atoms with van der Waals surface area (Å²) in [4.78, 5) is 51.3. The lowest BCUT2D eigenvalue weighted by Crippen LogP contribution is -2.55. The summed E-state index contributed by atoms with van der Waals surface area (Å²) in [6, 6.07) is 16.8. The molecular weight excluding hydrogens is 697 g/mol. The Morgan fingerprint density at radius 3 is 2.19 bits per heavy atom. The SMILES string of the molecule is CCC(C)Cc1nc(CN(C)C(=O)N[C@H](C(=O)N[C@@H](Cc2ccccc2)C[C@H](O)[C@H](Cc2ccccc2)NC(=O)OCc2cncs2)C(C)C)cs1. The van der Waals surface area contributed by atoms with Gasteiger partial charge in [0.05, 0.1) is 39.8 Å². The van der Waals surface area contributed by atoms with E-state index in [9.17, 15) is 19.5 Å². The zero-order chi connectivity index (χ0) is 37.5. The zero-order valence-electron chi connectivity index (χ0n) is 30.7. The fourth-order valence-corrected chi connectivity index (χ4v) is 7.14. The van der Waals surface area contributed by atoms with Crippen molar-refractivity contribution in [1.82, 2.24) is 30.8 Å². The molecule has 4 amide bonds. The molecule has 0 aliphatic heterocycles. The molecule has 0 saturated carbocycles. The Hall–Kier alpha value is -4.33. The van der Waals surface area contributed by atoms with E-state index in [-0.39, 0.29) is 30.9 Å². The Morgan fingerprint density at radius 1 is 0.904 bits per heavy atom. The van der Waals surface area contributed by atoms with Crippen molar-refractivity contribution in [2.75, 3.05) is 7.05 Å². The first kappa shape index (κ1) is 40.4. The van der Waals surface area contributed by atoms with E-state index in [4.69, 9.17) is 9.72 Å². The number of nitrogens with zero attached hydrogens (tertiary/aromatic N) is 3. The number of aliphatic hydroxyl groups excluding tert-OH is 1. The Balaban J connectivity index is 1.45. The molecule has 4 rings (SSSR count). The van der Waals surface area contributed by atoms with Crippen LogP contribution in [0.25, 0.3) is 0 Å². The summed E-state index contributed by atoms with van der Waals surface area (Å²) in [7, 11) is 1.69. The van der Waals surface area contributed by atoms with Crippen molar-refractivity contribution in [2.24, 2.45) is 11.8 Å². The second-order valence-electron chi connectivity index (χ2n) is 13.7. The van der Waals surface area contributed by atoms with E-state index in [0.717, 1.165) is 39.5 Å². The van der Waals surface area contributed by atoms with Gasteiger partial charge in [-0.2, -0.15) is 0 Å². The van der Waals surface area contributed by atoms with E-state index < -0.39 is 30.3 Å². The molecule has 0 bridgehead atoms. The van der Waals surface area contributed by atoms with Crippen LogP contribution in [0.3, 0.4) is 0 Å². The lowest BCUT2D eigenvalue weighted by Gasteiger charge is -2.30. The Morgan fingerprint density at radius 2 is 1.58 bits per heavy atom. The summed E-state index contributed by atoms with van der Waals surface area (Å²) >= 11 is 2.99. The highest BCUT2D eigenvalue weighted by molar-refractivity contribution is 7.09. The summed E-state index contributed by atoms with van der Waals surface area (Å²) in [6.07, 6.45) is 2.83.